The Morgan fingerprint density at radius 3 is 2.64 bits per heavy atom. The first kappa shape index (κ1) is 19.4. The van der Waals surface area contributed by atoms with Crippen molar-refractivity contribution in [2.45, 2.75) is 27.2 Å². The lowest BCUT2D eigenvalue weighted by molar-refractivity contribution is -0.123. The van der Waals surface area contributed by atoms with Crippen LogP contribution in [0.3, 0.4) is 0 Å². The molecular formula is C17H20BrN3O3S. The van der Waals surface area contributed by atoms with Crippen LogP contribution in [-0.2, 0) is 9.59 Å². The zero-order chi connectivity index (χ0) is 18.4. The number of nitrogens with one attached hydrogen (secondary N) is 2. The van der Waals surface area contributed by atoms with Crippen LogP contribution < -0.4 is 15.4 Å². The molecule has 0 saturated heterocycles. The third-order valence-corrected chi connectivity index (χ3v) is 4.42. The number of amides is 2. The van der Waals surface area contributed by atoms with Crippen molar-refractivity contribution in [2.24, 2.45) is 5.92 Å². The molecule has 2 N–H and O–H groups in total. The number of carbonyl (C=O) groups is 2. The second kappa shape index (κ2) is 8.96. The van der Waals surface area contributed by atoms with Crippen molar-refractivity contribution >= 4 is 49.9 Å². The summed E-state index contributed by atoms with van der Waals surface area (Å²) in [6.45, 7) is 6.60. The number of nitrogens with zero attached hydrogens (tertiary/aromatic N) is 1. The molecule has 0 atom stereocenters. The highest BCUT2D eigenvalue weighted by molar-refractivity contribution is 9.11. The molecule has 1 aromatic heterocycles. The van der Waals surface area contributed by atoms with Crippen LogP contribution in [0.15, 0.2) is 28.2 Å². The molecule has 6 nitrogen and oxygen atoms in total. The van der Waals surface area contributed by atoms with E-state index in [0.717, 1.165) is 9.35 Å². The monoisotopic (exact) mass is 425 g/mol. The molecule has 8 heteroatoms. The lowest BCUT2D eigenvalue weighted by Gasteiger charge is -2.14. The molecule has 0 aliphatic rings. The van der Waals surface area contributed by atoms with Gasteiger partial charge in [0.2, 0.25) is 11.8 Å². The van der Waals surface area contributed by atoms with Gasteiger partial charge in [-0.05, 0) is 46.5 Å². The number of hydrogen-bond donors (Lipinski definition) is 2. The fourth-order valence-corrected chi connectivity index (χ4v) is 3.05. The van der Waals surface area contributed by atoms with Crippen molar-refractivity contribution in [3.05, 3.63) is 33.7 Å². The molecule has 0 unspecified atom stereocenters. The van der Waals surface area contributed by atoms with Crippen molar-refractivity contribution in [3.8, 4) is 5.75 Å². The normalized spacial score (nSPS) is 10.6. The van der Waals surface area contributed by atoms with E-state index in [1.807, 2.05) is 19.1 Å². The maximum absolute atomic E-state index is 12.1. The lowest BCUT2D eigenvalue weighted by Crippen LogP contribution is -2.21. The van der Waals surface area contributed by atoms with Gasteiger partial charge in [-0.25, -0.2) is 4.98 Å². The third-order valence-electron chi connectivity index (χ3n) is 3.03. The van der Waals surface area contributed by atoms with E-state index in [0.29, 0.717) is 29.1 Å². The van der Waals surface area contributed by atoms with Gasteiger partial charge >= 0.3 is 0 Å². The van der Waals surface area contributed by atoms with Crippen molar-refractivity contribution in [2.75, 3.05) is 17.2 Å². The molecule has 1 heterocycles. The smallest absolute Gasteiger partial charge is 0.235 e. The van der Waals surface area contributed by atoms with Gasteiger partial charge in [-0.2, -0.15) is 0 Å². The highest BCUT2D eigenvalue weighted by Crippen LogP contribution is 2.27. The minimum absolute atomic E-state index is 0.297. The van der Waals surface area contributed by atoms with Gasteiger partial charge in [0.1, 0.15) is 12.2 Å². The number of thiazole rings is 1. The number of anilines is 2. The number of ether oxygens (including phenoxy) is 1. The molecule has 0 aliphatic carbocycles. The summed E-state index contributed by atoms with van der Waals surface area (Å²) in [5.41, 5.74) is 1.59. The van der Waals surface area contributed by atoms with Gasteiger partial charge in [-0.15, -0.1) is 0 Å². The van der Waals surface area contributed by atoms with E-state index >= 15 is 0 Å². The zero-order valence-corrected chi connectivity index (χ0v) is 16.7. The maximum Gasteiger partial charge on any atom is 0.235 e. The Balaban J connectivity index is 1.96. The van der Waals surface area contributed by atoms with E-state index in [1.54, 1.807) is 12.3 Å². The van der Waals surface area contributed by atoms with Crippen molar-refractivity contribution in [3.63, 3.8) is 0 Å². The van der Waals surface area contributed by atoms with Gasteiger partial charge in [0.25, 0.3) is 0 Å². The summed E-state index contributed by atoms with van der Waals surface area (Å²) < 4.78 is 6.56. The molecule has 2 aromatic rings. The van der Waals surface area contributed by atoms with E-state index in [-0.39, 0.29) is 6.42 Å². The second-order valence-electron chi connectivity index (χ2n) is 5.95. The van der Waals surface area contributed by atoms with Crippen LogP contribution in [0.2, 0.25) is 0 Å². The van der Waals surface area contributed by atoms with Crippen molar-refractivity contribution < 1.29 is 14.3 Å². The number of aryl methyl sites for hydroxylation is 1. The van der Waals surface area contributed by atoms with Crippen molar-refractivity contribution in [1.82, 2.24) is 4.98 Å². The van der Waals surface area contributed by atoms with E-state index in [9.17, 15) is 9.59 Å². The van der Waals surface area contributed by atoms with Gasteiger partial charge in [0.15, 0.2) is 5.13 Å². The second-order valence-corrected chi connectivity index (χ2v) is 8.36. The predicted molar refractivity (Wildman–Crippen MR) is 103 cm³/mol. The molecule has 0 aliphatic heterocycles. The highest BCUT2D eigenvalue weighted by Gasteiger charge is 2.14. The number of carbonyl (C=O) groups excluding carboxylic acids is 2. The largest absolute Gasteiger partial charge is 0.491 e. The summed E-state index contributed by atoms with van der Waals surface area (Å²) in [6, 6.07) is 5.52. The standard InChI is InChI=1S/C17H20BrN3O3S/c1-10(2)9-24-13-6-11(3)4-5-12(13)20-15(22)7-16(23)21-17-19-8-14(18)25-17/h4-6,8,10H,7,9H2,1-3H3,(H,20,22)(H,19,21,23). The first-order chi connectivity index (χ1) is 11.8. The molecule has 134 valence electrons. The first-order valence-corrected chi connectivity index (χ1v) is 9.39. The SMILES string of the molecule is Cc1ccc(NC(=O)CC(=O)Nc2ncc(Br)s2)c(OCC(C)C)c1. The van der Waals surface area contributed by atoms with Crippen LogP contribution in [-0.4, -0.2) is 23.4 Å². The number of aromatic nitrogens is 1. The molecule has 1 aromatic carbocycles. The van der Waals surface area contributed by atoms with Gasteiger partial charge in [0, 0.05) is 0 Å². The molecule has 0 radical (unpaired) electrons. The summed E-state index contributed by atoms with van der Waals surface area (Å²) in [7, 11) is 0. The summed E-state index contributed by atoms with van der Waals surface area (Å²) in [6.07, 6.45) is 1.29. The Labute approximate surface area is 159 Å². The van der Waals surface area contributed by atoms with E-state index in [4.69, 9.17) is 4.74 Å². The molecule has 2 amide bonds. The summed E-state index contributed by atoms with van der Waals surface area (Å²) >= 11 is 4.55. The maximum atomic E-state index is 12.1. The van der Waals surface area contributed by atoms with Gasteiger partial charge in [-0.1, -0.05) is 31.3 Å². The van der Waals surface area contributed by atoms with E-state index in [1.165, 1.54) is 11.3 Å². The Bertz CT molecular complexity index is 761. The third kappa shape index (κ3) is 6.47. The lowest BCUT2D eigenvalue weighted by atomic mass is 10.2. The molecule has 25 heavy (non-hydrogen) atoms. The molecule has 0 saturated carbocycles. The highest BCUT2D eigenvalue weighted by atomic mass is 79.9. The first-order valence-electron chi connectivity index (χ1n) is 7.78. The summed E-state index contributed by atoms with van der Waals surface area (Å²) in [4.78, 5) is 28.1. The Morgan fingerprint density at radius 1 is 1.28 bits per heavy atom. The quantitative estimate of drug-likeness (QED) is 0.650. The minimum atomic E-state index is -0.420. The summed E-state index contributed by atoms with van der Waals surface area (Å²) in [5.74, 6) is 0.140. The van der Waals surface area contributed by atoms with Crippen LogP contribution in [0.1, 0.15) is 25.8 Å². The van der Waals surface area contributed by atoms with Crippen LogP contribution in [0.5, 0.6) is 5.75 Å². The predicted octanol–water partition coefficient (Wildman–Crippen LogP) is 4.22. The van der Waals surface area contributed by atoms with Crippen LogP contribution in [0.4, 0.5) is 10.8 Å². The van der Waals surface area contributed by atoms with Crippen LogP contribution in [0, 0.1) is 12.8 Å². The van der Waals surface area contributed by atoms with Crippen molar-refractivity contribution in [1.29, 1.82) is 0 Å². The van der Waals surface area contributed by atoms with Crippen LogP contribution >= 0.6 is 27.3 Å². The van der Waals surface area contributed by atoms with Crippen LogP contribution in [0.25, 0.3) is 0 Å². The van der Waals surface area contributed by atoms with E-state index in [2.05, 4.69) is 45.4 Å². The molecule has 0 bridgehead atoms. The molecular weight excluding hydrogens is 406 g/mol. The molecule has 0 fully saturated rings. The fourth-order valence-electron chi connectivity index (χ4n) is 1.92. The average molecular weight is 426 g/mol. The topological polar surface area (TPSA) is 80.3 Å². The zero-order valence-electron chi connectivity index (χ0n) is 14.3. The average Bonchev–Trinajstić information content (AvgIpc) is 2.92. The Morgan fingerprint density at radius 2 is 2.00 bits per heavy atom. The minimum Gasteiger partial charge on any atom is -0.491 e. The number of halogens is 1. The molecule has 0 spiro atoms. The van der Waals surface area contributed by atoms with E-state index < -0.39 is 11.8 Å². The Hall–Kier alpha value is -1.93. The number of hydrogen-bond acceptors (Lipinski definition) is 5. The fraction of sp³-hybridized carbons (Fsp3) is 0.353. The van der Waals surface area contributed by atoms with Gasteiger partial charge in [0.05, 0.1) is 22.3 Å². The van der Waals surface area contributed by atoms with Gasteiger partial charge in [-0.3, -0.25) is 9.59 Å². The number of benzene rings is 1. The summed E-state index contributed by atoms with van der Waals surface area (Å²) in [5, 5.41) is 5.77. The number of rotatable bonds is 7. The molecule has 2 rings (SSSR count). The van der Waals surface area contributed by atoms with Gasteiger partial charge < -0.3 is 15.4 Å². The Kier molecular flexibility index (Phi) is 6.95.